The minimum atomic E-state index is -0.176. The van der Waals surface area contributed by atoms with Crippen LogP contribution in [0.25, 0.3) is 0 Å². The second-order valence-corrected chi connectivity index (χ2v) is 5.56. The van der Waals surface area contributed by atoms with Crippen molar-refractivity contribution < 1.29 is 4.52 Å². The van der Waals surface area contributed by atoms with Crippen molar-refractivity contribution in [1.82, 2.24) is 24.9 Å². The van der Waals surface area contributed by atoms with Gasteiger partial charge in [-0.05, 0) is 20.3 Å². The molecule has 2 aromatic rings. The molecule has 1 atom stereocenters. The van der Waals surface area contributed by atoms with Gasteiger partial charge in [-0.3, -0.25) is 4.57 Å². The Morgan fingerprint density at radius 3 is 2.95 bits per heavy atom. The monoisotopic (exact) mass is 283 g/mol. The van der Waals surface area contributed by atoms with Crippen molar-refractivity contribution in [1.29, 1.82) is 0 Å². The quantitative estimate of drug-likeness (QED) is 0.815. The van der Waals surface area contributed by atoms with Gasteiger partial charge in [0.15, 0.2) is 11.0 Å². The third-order valence-electron chi connectivity index (χ3n) is 2.63. The molecular weight excluding hydrogens is 266 g/mol. The van der Waals surface area contributed by atoms with Crippen LogP contribution in [-0.2, 0) is 6.54 Å². The molecule has 0 bridgehead atoms. The molecule has 0 aliphatic heterocycles. The SMILES string of the molecule is CCCCn1c(S[C@@H](C)c2nc(C)no2)n[nH]c1=O. The van der Waals surface area contributed by atoms with E-state index in [0.29, 0.717) is 23.4 Å². The van der Waals surface area contributed by atoms with E-state index in [2.05, 4.69) is 27.3 Å². The molecule has 0 fully saturated rings. The Kier molecular flexibility index (Phi) is 4.41. The van der Waals surface area contributed by atoms with Gasteiger partial charge in [-0.15, -0.1) is 5.10 Å². The molecule has 0 aliphatic rings. The largest absolute Gasteiger partial charge is 0.343 e. The lowest BCUT2D eigenvalue weighted by Crippen LogP contribution is -2.17. The molecule has 0 radical (unpaired) electrons. The van der Waals surface area contributed by atoms with E-state index in [1.165, 1.54) is 11.8 Å². The highest BCUT2D eigenvalue weighted by molar-refractivity contribution is 7.99. The number of rotatable bonds is 6. The average Bonchev–Trinajstić information content (AvgIpc) is 2.95. The maximum Gasteiger partial charge on any atom is 0.343 e. The number of hydrogen-bond acceptors (Lipinski definition) is 6. The van der Waals surface area contributed by atoms with E-state index in [4.69, 9.17) is 4.52 Å². The summed E-state index contributed by atoms with van der Waals surface area (Å²) < 4.78 is 6.77. The predicted octanol–water partition coefficient (Wildman–Crippen LogP) is 1.92. The average molecular weight is 283 g/mol. The van der Waals surface area contributed by atoms with Crippen molar-refractivity contribution in [2.75, 3.05) is 0 Å². The molecule has 2 aromatic heterocycles. The number of nitrogens with zero attached hydrogens (tertiary/aromatic N) is 4. The van der Waals surface area contributed by atoms with Gasteiger partial charge in [0.2, 0.25) is 5.89 Å². The van der Waals surface area contributed by atoms with Gasteiger partial charge in [-0.2, -0.15) is 4.98 Å². The van der Waals surface area contributed by atoms with Crippen molar-refractivity contribution in [3.05, 3.63) is 22.2 Å². The third kappa shape index (κ3) is 3.25. The van der Waals surface area contributed by atoms with Crippen molar-refractivity contribution in [3.63, 3.8) is 0 Å². The lowest BCUT2D eigenvalue weighted by Gasteiger charge is -2.07. The number of aromatic nitrogens is 5. The van der Waals surface area contributed by atoms with E-state index in [9.17, 15) is 4.79 Å². The Morgan fingerprint density at radius 2 is 2.32 bits per heavy atom. The fraction of sp³-hybridized carbons (Fsp3) is 0.636. The third-order valence-corrected chi connectivity index (χ3v) is 3.71. The maximum absolute atomic E-state index is 11.6. The molecule has 1 N–H and O–H groups in total. The molecule has 104 valence electrons. The van der Waals surface area contributed by atoms with Crippen LogP contribution in [0.5, 0.6) is 0 Å². The lowest BCUT2D eigenvalue weighted by molar-refractivity contribution is 0.376. The molecule has 19 heavy (non-hydrogen) atoms. The zero-order chi connectivity index (χ0) is 13.8. The zero-order valence-electron chi connectivity index (χ0n) is 11.2. The maximum atomic E-state index is 11.6. The number of unbranched alkanes of at least 4 members (excludes halogenated alkanes) is 1. The van der Waals surface area contributed by atoms with Crippen LogP contribution in [0.15, 0.2) is 14.5 Å². The van der Waals surface area contributed by atoms with Crippen molar-refractivity contribution in [3.8, 4) is 0 Å². The van der Waals surface area contributed by atoms with Gasteiger partial charge < -0.3 is 4.52 Å². The number of thioether (sulfide) groups is 1. The fourth-order valence-electron chi connectivity index (χ4n) is 1.59. The Labute approximate surface area is 114 Å². The molecule has 0 aromatic carbocycles. The summed E-state index contributed by atoms with van der Waals surface area (Å²) in [7, 11) is 0. The van der Waals surface area contributed by atoms with Gasteiger partial charge in [0.25, 0.3) is 0 Å². The summed E-state index contributed by atoms with van der Waals surface area (Å²) in [5, 5.41) is 10.9. The Morgan fingerprint density at radius 1 is 1.53 bits per heavy atom. The molecular formula is C11H17N5O2S. The van der Waals surface area contributed by atoms with Crippen LogP contribution in [0, 0.1) is 6.92 Å². The molecule has 2 rings (SSSR count). The second kappa shape index (κ2) is 6.05. The van der Waals surface area contributed by atoms with Gasteiger partial charge in [-0.1, -0.05) is 30.3 Å². The fourth-order valence-corrected chi connectivity index (χ4v) is 2.51. The van der Waals surface area contributed by atoms with Gasteiger partial charge in [0.05, 0.1) is 5.25 Å². The van der Waals surface area contributed by atoms with Crippen LogP contribution in [0.3, 0.4) is 0 Å². The van der Waals surface area contributed by atoms with Gasteiger partial charge in [0.1, 0.15) is 0 Å². The molecule has 7 nitrogen and oxygen atoms in total. The van der Waals surface area contributed by atoms with Crippen LogP contribution in [-0.4, -0.2) is 24.9 Å². The summed E-state index contributed by atoms with van der Waals surface area (Å²) in [5.41, 5.74) is -0.176. The zero-order valence-corrected chi connectivity index (χ0v) is 12.0. The first-order valence-electron chi connectivity index (χ1n) is 6.24. The van der Waals surface area contributed by atoms with E-state index in [1.807, 2.05) is 6.92 Å². The minimum absolute atomic E-state index is 0.0447. The van der Waals surface area contributed by atoms with Crippen LogP contribution >= 0.6 is 11.8 Å². The molecule has 0 saturated carbocycles. The molecule has 8 heteroatoms. The van der Waals surface area contributed by atoms with Crippen LogP contribution in [0.2, 0.25) is 0 Å². The van der Waals surface area contributed by atoms with Crippen molar-refractivity contribution in [2.24, 2.45) is 0 Å². The highest BCUT2D eigenvalue weighted by Gasteiger charge is 2.18. The van der Waals surface area contributed by atoms with Crippen molar-refractivity contribution >= 4 is 11.8 Å². The van der Waals surface area contributed by atoms with Crippen LogP contribution in [0.1, 0.15) is 43.7 Å². The summed E-state index contributed by atoms with van der Waals surface area (Å²) in [6.45, 7) is 6.47. The first-order chi connectivity index (χ1) is 9.11. The topological polar surface area (TPSA) is 89.6 Å². The number of hydrogen-bond donors (Lipinski definition) is 1. The van der Waals surface area contributed by atoms with Gasteiger partial charge >= 0.3 is 5.69 Å². The molecule has 0 unspecified atom stereocenters. The summed E-state index contributed by atoms with van der Waals surface area (Å²) >= 11 is 1.43. The number of aromatic amines is 1. The normalized spacial score (nSPS) is 12.8. The van der Waals surface area contributed by atoms with Crippen molar-refractivity contribution in [2.45, 2.75) is 50.6 Å². The smallest absolute Gasteiger partial charge is 0.338 e. The van der Waals surface area contributed by atoms with E-state index in [1.54, 1.807) is 11.5 Å². The Bertz CT molecular complexity index is 588. The van der Waals surface area contributed by atoms with Gasteiger partial charge in [0, 0.05) is 6.54 Å². The second-order valence-electron chi connectivity index (χ2n) is 4.26. The predicted molar refractivity (Wildman–Crippen MR) is 71.1 cm³/mol. The van der Waals surface area contributed by atoms with E-state index in [-0.39, 0.29) is 10.9 Å². The molecule has 0 spiro atoms. The highest BCUT2D eigenvalue weighted by Crippen LogP contribution is 2.31. The number of H-pyrrole nitrogens is 1. The van der Waals surface area contributed by atoms with Gasteiger partial charge in [-0.25, -0.2) is 9.89 Å². The summed E-state index contributed by atoms with van der Waals surface area (Å²) in [4.78, 5) is 15.8. The summed E-state index contributed by atoms with van der Waals surface area (Å²) in [5.74, 6) is 1.15. The number of aryl methyl sites for hydroxylation is 1. The van der Waals surface area contributed by atoms with Crippen LogP contribution in [0.4, 0.5) is 0 Å². The first-order valence-corrected chi connectivity index (χ1v) is 7.11. The number of nitrogens with one attached hydrogen (secondary N) is 1. The summed E-state index contributed by atoms with van der Waals surface area (Å²) in [6, 6.07) is 0. The van der Waals surface area contributed by atoms with E-state index < -0.39 is 0 Å². The first kappa shape index (κ1) is 13.9. The molecule has 0 amide bonds. The molecule has 0 aliphatic carbocycles. The van der Waals surface area contributed by atoms with E-state index >= 15 is 0 Å². The standard InChI is InChI=1S/C11H17N5O2S/c1-4-5-6-16-10(17)13-14-11(16)19-7(2)9-12-8(3)15-18-9/h7H,4-6H2,1-3H3,(H,13,17)/t7-/m0/s1. The minimum Gasteiger partial charge on any atom is -0.338 e. The summed E-state index contributed by atoms with van der Waals surface area (Å²) in [6.07, 6.45) is 1.97. The molecule has 2 heterocycles. The Balaban J connectivity index is 2.12. The molecule has 0 saturated heterocycles. The van der Waals surface area contributed by atoms with Crippen LogP contribution < -0.4 is 5.69 Å². The lowest BCUT2D eigenvalue weighted by atomic mass is 10.3. The van der Waals surface area contributed by atoms with E-state index in [0.717, 1.165) is 12.8 Å². The highest BCUT2D eigenvalue weighted by atomic mass is 32.2. The Hall–Kier alpha value is -1.57.